The second-order valence-electron chi connectivity index (χ2n) is 8.76. The molecule has 180 valence electrons. The molecule has 35 heavy (non-hydrogen) atoms. The van der Waals surface area contributed by atoms with E-state index in [4.69, 9.17) is 9.47 Å². The van der Waals surface area contributed by atoms with E-state index in [2.05, 4.69) is 15.0 Å². The Labute approximate surface area is 203 Å². The topological polar surface area (TPSA) is 74.4 Å². The molecule has 4 heterocycles. The molecule has 2 aromatic heterocycles. The van der Waals surface area contributed by atoms with Crippen molar-refractivity contribution >= 4 is 16.5 Å². The molecule has 0 unspecified atom stereocenters. The molecule has 4 aromatic rings. The first-order valence-corrected chi connectivity index (χ1v) is 11.9. The summed E-state index contributed by atoms with van der Waals surface area (Å²) in [6.45, 7) is 4.21. The fraction of sp³-hybridized carbons (Fsp3) is 0.292. The lowest BCUT2D eigenvalue weighted by Crippen LogP contribution is -2.68. The third-order valence-corrected chi connectivity index (χ3v) is 7.45. The van der Waals surface area contributed by atoms with E-state index >= 15 is 0 Å². The maximum atomic E-state index is 14.0. The van der Waals surface area contributed by atoms with E-state index in [1.807, 2.05) is 6.92 Å². The lowest BCUT2D eigenvalue weighted by Gasteiger charge is -2.55. The quantitative estimate of drug-likeness (QED) is 0.402. The number of benzene rings is 2. The van der Waals surface area contributed by atoms with Crippen molar-refractivity contribution in [3.63, 3.8) is 0 Å². The summed E-state index contributed by atoms with van der Waals surface area (Å²) in [7, 11) is 0. The molecule has 2 saturated heterocycles. The highest BCUT2D eigenvalue weighted by atomic mass is 32.1. The zero-order valence-corrected chi connectivity index (χ0v) is 19.6. The van der Waals surface area contributed by atoms with Gasteiger partial charge in [0, 0.05) is 12.0 Å². The molecule has 11 heteroatoms. The molecule has 2 aromatic carbocycles. The maximum Gasteiger partial charge on any atom is 0.350 e. The van der Waals surface area contributed by atoms with E-state index in [1.165, 1.54) is 28.4 Å². The van der Waals surface area contributed by atoms with Crippen LogP contribution in [0.1, 0.15) is 17.7 Å². The van der Waals surface area contributed by atoms with Crippen LogP contribution in [-0.2, 0) is 11.3 Å². The largest absolute Gasteiger partial charge is 0.445 e. The summed E-state index contributed by atoms with van der Waals surface area (Å²) in [6, 6.07) is 10.5. The summed E-state index contributed by atoms with van der Waals surface area (Å²) in [5.74, 6) is -0.828. The third kappa shape index (κ3) is 3.90. The van der Waals surface area contributed by atoms with Crippen LogP contribution < -0.4 is 15.3 Å². The van der Waals surface area contributed by atoms with Crippen molar-refractivity contribution in [1.29, 1.82) is 0 Å². The minimum atomic E-state index is -0.711. The zero-order valence-electron chi connectivity index (χ0n) is 18.8. The Bertz CT molecular complexity index is 1430. The van der Waals surface area contributed by atoms with E-state index in [1.54, 1.807) is 24.3 Å². The Morgan fingerprint density at radius 3 is 2.51 bits per heavy atom. The number of anilines is 1. The minimum absolute atomic E-state index is 0.0327. The van der Waals surface area contributed by atoms with Gasteiger partial charge < -0.3 is 14.4 Å². The molecule has 2 aliphatic heterocycles. The van der Waals surface area contributed by atoms with Crippen molar-refractivity contribution in [1.82, 2.24) is 19.3 Å². The van der Waals surface area contributed by atoms with Gasteiger partial charge in [-0.1, -0.05) is 17.4 Å². The van der Waals surface area contributed by atoms with E-state index in [9.17, 15) is 13.6 Å². The van der Waals surface area contributed by atoms with Crippen LogP contribution in [-0.4, -0.2) is 44.6 Å². The first-order chi connectivity index (χ1) is 16.9. The Morgan fingerprint density at radius 2 is 1.86 bits per heavy atom. The van der Waals surface area contributed by atoms with Gasteiger partial charge in [-0.05, 0) is 43.3 Å². The third-order valence-electron chi connectivity index (χ3n) is 6.35. The highest BCUT2D eigenvalue weighted by Crippen LogP contribution is 2.43. The smallest absolute Gasteiger partial charge is 0.350 e. The summed E-state index contributed by atoms with van der Waals surface area (Å²) in [4.78, 5) is 19.6. The summed E-state index contributed by atoms with van der Waals surface area (Å²) in [5, 5.41) is 5.71. The summed E-state index contributed by atoms with van der Waals surface area (Å²) in [5.41, 5.74) is 0.645. The first kappa shape index (κ1) is 21.9. The number of ether oxygens (including phenoxy) is 2. The lowest BCUT2D eigenvalue weighted by atomic mass is 9.87. The van der Waals surface area contributed by atoms with Crippen LogP contribution in [0.2, 0.25) is 0 Å². The van der Waals surface area contributed by atoms with Gasteiger partial charge >= 0.3 is 5.69 Å². The van der Waals surface area contributed by atoms with Crippen LogP contribution in [0, 0.1) is 18.6 Å². The average Bonchev–Trinajstić information content (AvgIpc) is 3.32. The Morgan fingerprint density at radius 1 is 1.14 bits per heavy atom. The van der Waals surface area contributed by atoms with Gasteiger partial charge in [-0.25, -0.2) is 18.6 Å². The monoisotopic (exact) mass is 497 g/mol. The van der Waals surface area contributed by atoms with E-state index in [-0.39, 0.29) is 17.7 Å². The number of aromatic nitrogens is 4. The van der Waals surface area contributed by atoms with Gasteiger partial charge in [-0.2, -0.15) is 9.78 Å². The predicted octanol–water partition coefficient (Wildman–Crippen LogP) is 3.90. The normalized spacial score (nSPS) is 16.3. The van der Waals surface area contributed by atoms with Crippen LogP contribution >= 0.6 is 11.3 Å². The zero-order chi connectivity index (χ0) is 24.2. The summed E-state index contributed by atoms with van der Waals surface area (Å²) >= 11 is 1.49. The molecular weight excluding hydrogens is 476 g/mol. The number of nitrogens with zero attached hydrogens (tertiary/aromatic N) is 5. The number of hydrogen-bond donors (Lipinski definition) is 0. The molecule has 0 radical (unpaired) electrons. The number of thiazole rings is 1. The first-order valence-electron chi connectivity index (χ1n) is 11.1. The summed E-state index contributed by atoms with van der Waals surface area (Å²) in [6.07, 6.45) is 2.36. The molecule has 0 amide bonds. The van der Waals surface area contributed by atoms with Gasteiger partial charge in [-0.3, -0.25) is 4.57 Å². The molecule has 0 saturated carbocycles. The molecule has 0 aliphatic carbocycles. The summed E-state index contributed by atoms with van der Waals surface area (Å²) < 4.78 is 42.0. The van der Waals surface area contributed by atoms with E-state index in [0.29, 0.717) is 16.5 Å². The number of aryl methyl sites for hydroxylation is 1. The van der Waals surface area contributed by atoms with Gasteiger partial charge in [0.25, 0.3) is 0 Å². The standard InChI is InChI=1S/C24H21F2N5O3S/c1-15-21(35-22(28-15)30-12-24(13-30)9-10-33-24)34-17-7-5-16(6-8-17)31-23(32)29(14-27-31)11-18-19(25)3-2-4-20(18)26/h2-8,14H,9-13H2,1H3. The molecule has 8 nitrogen and oxygen atoms in total. The van der Waals surface area contributed by atoms with Crippen LogP contribution in [0.25, 0.3) is 5.69 Å². The molecular formula is C24H21F2N5O3S. The minimum Gasteiger partial charge on any atom is -0.445 e. The van der Waals surface area contributed by atoms with Crippen molar-refractivity contribution in [2.24, 2.45) is 0 Å². The SMILES string of the molecule is Cc1nc(N2CC3(CCO3)C2)sc1Oc1ccc(-n2ncn(Cc3c(F)cccc3F)c2=O)cc1. The van der Waals surface area contributed by atoms with Gasteiger partial charge in [0.15, 0.2) is 5.13 Å². The molecule has 1 spiro atoms. The Kier molecular flexibility index (Phi) is 5.19. The van der Waals surface area contributed by atoms with E-state index < -0.39 is 17.3 Å². The second kappa shape index (κ2) is 8.28. The van der Waals surface area contributed by atoms with Gasteiger partial charge in [0.05, 0.1) is 37.6 Å². The fourth-order valence-electron chi connectivity index (χ4n) is 4.26. The molecule has 2 fully saturated rings. The number of rotatable bonds is 6. The highest BCUT2D eigenvalue weighted by Gasteiger charge is 2.50. The van der Waals surface area contributed by atoms with Gasteiger partial charge in [0.1, 0.15) is 29.3 Å². The van der Waals surface area contributed by atoms with Crippen LogP contribution in [0.4, 0.5) is 13.9 Å². The Balaban J connectivity index is 1.16. The number of hydrogen-bond acceptors (Lipinski definition) is 7. The van der Waals surface area contributed by atoms with Crippen molar-refractivity contribution in [2.45, 2.75) is 25.5 Å². The Hall–Kier alpha value is -3.57. The number of halogens is 2. The van der Waals surface area contributed by atoms with Crippen molar-refractivity contribution in [2.75, 3.05) is 24.6 Å². The lowest BCUT2D eigenvalue weighted by molar-refractivity contribution is -0.160. The second-order valence-corrected chi connectivity index (χ2v) is 9.70. The van der Waals surface area contributed by atoms with Crippen LogP contribution in [0.3, 0.4) is 0 Å². The van der Waals surface area contributed by atoms with E-state index in [0.717, 1.165) is 53.6 Å². The van der Waals surface area contributed by atoms with Crippen LogP contribution in [0.15, 0.2) is 53.6 Å². The fourth-order valence-corrected chi connectivity index (χ4v) is 5.20. The van der Waals surface area contributed by atoms with Gasteiger partial charge in [0.2, 0.25) is 5.06 Å². The predicted molar refractivity (Wildman–Crippen MR) is 126 cm³/mol. The molecule has 2 aliphatic rings. The molecule has 0 N–H and O–H groups in total. The molecule has 0 atom stereocenters. The van der Waals surface area contributed by atoms with Crippen molar-refractivity contribution in [3.8, 4) is 16.5 Å². The van der Waals surface area contributed by atoms with Gasteiger partial charge in [-0.15, -0.1) is 0 Å². The highest BCUT2D eigenvalue weighted by molar-refractivity contribution is 7.17. The van der Waals surface area contributed by atoms with Crippen molar-refractivity contribution < 1.29 is 18.3 Å². The van der Waals surface area contributed by atoms with Crippen LogP contribution in [0.5, 0.6) is 10.8 Å². The molecule has 0 bridgehead atoms. The average molecular weight is 498 g/mol. The maximum absolute atomic E-state index is 14.0. The molecule has 6 rings (SSSR count). The van der Waals surface area contributed by atoms with Crippen molar-refractivity contribution in [3.05, 3.63) is 82.2 Å².